The number of amides is 2. The molecule has 0 spiro atoms. The molecule has 2 saturated heterocycles. The van der Waals surface area contributed by atoms with Gasteiger partial charge in [0, 0.05) is 26.7 Å². The zero-order chi connectivity index (χ0) is 18.4. The Morgan fingerprint density at radius 3 is 2.60 bits per heavy atom. The lowest BCUT2D eigenvalue weighted by Gasteiger charge is -2.44. The third-order valence-corrected chi connectivity index (χ3v) is 6.54. The number of carbonyl (C=O) groups is 2. The standard InChI is InChI=1S/C16H21N3O5S/c1-11-4-5-14(13(8-11)24-3)25(22,23)18-6-7-19-12(9-18)16(21)17(2)10-15(19)20/h4-5,8,12H,6-7,9-10H2,1-3H3/t12-/m1/s1. The maximum Gasteiger partial charge on any atom is 0.246 e. The topological polar surface area (TPSA) is 87.2 Å². The molecular formula is C16H21N3O5S. The summed E-state index contributed by atoms with van der Waals surface area (Å²) in [6.07, 6.45) is 0. The quantitative estimate of drug-likeness (QED) is 0.731. The van der Waals surface area contributed by atoms with Crippen molar-refractivity contribution in [2.24, 2.45) is 0 Å². The van der Waals surface area contributed by atoms with E-state index in [4.69, 9.17) is 4.74 Å². The lowest BCUT2D eigenvalue weighted by Crippen LogP contribution is -2.66. The molecular weight excluding hydrogens is 346 g/mol. The van der Waals surface area contributed by atoms with Crippen molar-refractivity contribution < 1.29 is 22.7 Å². The molecule has 2 amide bonds. The second-order valence-electron chi connectivity index (χ2n) is 6.31. The smallest absolute Gasteiger partial charge is 0.246 e. The van der Waals surface area contributed by atoms with Gasteiger partial charge in [-0.05, 0) is 24.6 Å². The molecule has 0 radical (unpaired) electrons. The van der Waals surface area contributed by atoms with Crippen molar-refractivity contribution in [3.05, 3.63) is 23.8 Å². The maximum absolute atomic E-state index is 13.0. The molecule has 2 aliphatic rings. The summed E-state index contributed by atoms with van der Waals surface area (Å²) >= 11 is 0. The number of aryl methyl sites for hydroxylation is 1. The van der Waals surface area contributed by atoms with Crippen LogP contribution in [-0.4, -0.2) is 80.7 Å². The molecule has 0 aliphatic carbocycles. The minimum absolute atomic E-state index is 0.0356. The molecule has 1 atom stereocenters. The highest BCUT2D eigenvalue weighted by atomic mass is 32.2. The Balaban J connectivity index is 1.92. The number of hydrogen-bond acceptors (Lipinski definition) is 5. The van der Waals surface area contributed by atoms with Gasteiger partial charge in [0.15, 0.2) is 0 Å². The number of likely N-dealkylation sites (N-methyl/N-ethyl adjacent to an activating group) is 1. The number of fused-ring (bicyclic) bond motifs is 1. The summed E-state index contributed by atoms with van der Waals surface area (Å²) in [6, 6.07) is 4.10. The van der Waals surface area contributed by atoms with E-state index in [1.807, 2.05) is 6.92 Å². The van der Waals surface area contributed by atoms with E-state index < -0.39 is 16.1 Å². The predicted octanol–water partition coefficient (Wildman–Crippen LogP) is -0.323. The van der Waals surface area contributed by atoms with Crippen LogP contribution in [0, 0.1) is 6.92 Å². The molecule has 0 unspecified atom stereocenters. The molecule has 1 aromatic carbocycles. The number of piperazine rings is 2. The van der Waals surface area contributed by atoms with Gasteiger partial charge in [0.25, 0.3) is 0 Å². The van der Waals surface area contributed by atoms with E-state index in [1.54, 1.807) is 19.2 Å². The minimum atomic E-state index is -3.83. The summed E-state index contributed by atoms with van der Waals surface area (Å²) in [4.78, 5) is 27.3. The van der Waals surface area contributed by atoms with Crippen LogP contribution in [0.15, 0.2) is 23.1 Å². The van der Waals surface area contributed by atoms with Crippen LogP contribution in [0.5, 0.6) is 5.75 Å². The van der Waals surface area contributed by atoms with Crippen LogP contribution >= 0.6 is 0 Å². The zero-order valence-electron chi connectivity index (χ0n) is 14.4. The molecule has 136 valence electrons. The highest BCUT2D eigenvalue weighted by Gasteiger charge is 2.44. The fourth-order valence-corrected chi connectivity index (χ4v) is 4.81. The van der Waals surface area contributed by atoms with Crippen molar-refractivity contribution in [1.29, 1.82) is 0 Å². The van der Waals surface area contributed by atoms with E-state index in [0.717, 1.165) is 5.56 Å². The first-order valence-electron chi connectivity index (χ1n) is 7.95. The van der Waals surface area contributed by atoms with Crippen molar-refractivity contribution in [1.82, 2.24) is 14.1 Å². The highest BCUT2D eigenvalue weighted by Crippen LogP contribution is 2.29. The van der Waals surface area contributed by atoms with E-state index in [1.165, 1.54) is 27.3 Å². The summed E-state index contributed by atoms with van der Waals surface area (Å²) in [6.45, 7) is 2.19. The van der Waals surface area contributed by atoms with Gasteiger partial charge >= 0.3 is 0 Å². The summed E-state index contributed by atoms with van der Waals surface area (Å²) in [5.74, 6) is -0.127. The van der Waals surface area contributed by atoms with Gasteiger partial charge in [0.1, 0.15) is 16.7 Å². The molecule has 2 heterocycles. The van der Waals surface area contributed by atoms with Crippen LogP contribution in [0.3, 0.4) is 0 Å². The third-order valence-electron chi connectivity index (χ3n) is 4.63. The van der Waals surface area contributed by atoms with Crippen LogP contribution < -0.4 is 4.74 Å². The van der Waals surface area contributed by atoms with E-state index in [9.17, 15) is 18.0 Å². The molecule has 0 bridgehead atoms. The first-order valence-corrected chi connectivity index (χ1v) is 9.39. The molecule has 3 rings (SSSR count). The van der Waals surface area contributed by atoms with Gasteiger partial charge in [-0.15, -0.1) is 0 Å². The van der Waals surface area contributed by atoms with Crippen LogP contribution in [0.25, 0.3) is 0 Å². The Kier molecular flexibility index (Phi) is 4.46. The van der Waals surface area contributed by atoms with Crippen LogP contribution in [-0.2, 0) is 19.6 Å². The number of sulfonamides is 1. The number of nitrogens with zero attached hydrogens (tertiary/aromatic N) is 3. The molecule has 0 saturated carbocycles. The van der Waals surface area contributed by atoms with Gasteiger partial charge in [0.05, 0.1) is 13.7 Å². The lowest BCUT2D eigenvalue weighted by molar-refractivity contribution is -0.156. The van der Waals surface area contributed by atoms with Gasteiger partial charge < -0.3 is 14.5 Å². The Morgan fingerprint density at radius 1 is 1.20 bits per heavy atom. The summed E-state index contributed by atoms with van der Waals surface area (Å²) < 4.78 is 32.6. The minimum Gasteiger partial charge on any atom is -0.495 e. The Bertz CT molecular complexity index is 823. The van der Waals surface area contributed by atoms with Crippen LogP contribution in [0.2, 0.25) is 0 Å². The third kappa shape index (κ3) is 2.98. The first kappa shape index (κ1) is 17.7. The van der Waals surface area contributed by atoms with Crippen molar-refractivity contribution in [3.63, 3.8) is 0 Å². The van der Waals surface area contributed by atoms with Gasteiger partial charge in [0.2, 0.25) is 21.8 Å². The normalized spacial score (nSPS) is 22.1. The zero-order valence-corrected chi connectivity index (χ0v) is 15.2. The number of ether oxygens (including phenoxy) is 1. The van der Waals surface area contributed by atoms with Gasteiger partial charge in [-0.1, -0.05) is 6.07 Å². The number of hydrogen-bond donors (Lipinski definition) is 0. The number of carbonyl (C=O) groups excluding carboxylic acids is 2. The molecule has 0 aromatic heterocycles. The molecule has 2 fully saturated rings. The maximum atomic E-state index is 13.0. The largest absolute Gasteiger partial charge is 0.495 e. The van der Waals surface area contributed by atoms with E-state index in [2.05, 4.69) is 0 Å². The van der Waals surface area contributed by atoms with E-state index >= 15 is 0 Å². The predicted molar refractivity (Wildman–Crippen MR) is 89.6 cm³/mol. The Morgan fingerprint density at radius 2 is 1.92 bits per heavy atom. The second-order valence-corrected chi connectivity index (χ2v) is 8.22. The summed E-state index contributed by atoms with van der Waals surface area (Å²) in [5, 5.41) is 0. The Hall–Kier alpha value is -2.13. The molecule has 2 aliphatic heterocycles. The molecule has 8 nitrogen and oxygen atoms in total. The summed E-state index contributed by atoms with van der Waals surface area (Å²) in [5.41, 5.74) is 0.885. The van der Waals surface area contributed by atoms with Gasteiger partial charge in [-0.2, -0.15) is 4.31 Å². The fraction of sp³-hybridized carbons (Fsp3) is 0.500. The SMILES string of the molecule is COc1cc(C)ccc1S(=O)(=O)N1CCN2C(=O)CN(C)C(=O)[C@H]2C1. The molecule has 9 heteroatoms. The average molecular weight is 367 g/mol. The van der Waals surface area contributed by atoms with E-state index in [0.29, 0.717) is 0 Å². The summed E-state index contributed by atoms with van der Waals surface area (Å²) in [7, 11) is -0.861. The lowest BCUT2D eigenvalue weighted by atomic mass is 10.1. The van der Waals surface area contributed by atoms with Crippen LogP contribution in [0.1, 0.15) is 5.56 Å². The second kappa shape index (κ2) is 6.30. The fourth-order valence-electron chi connectivity index (χ4n) is 3.24. The molecule has 0 N–H and O–H groups in total. The Labute approximate surface area is 147 Å². The van der Waals surface area contributed by atoms with E-state index in [-0.39, 0.29) is 48.6 Å². The number of benzene rings is 1. The van der Waals surface area contributed by atoms with Crippen molar-refractivity contribution in [2.75, 3.05) is 40.3 Å². The molecule has 1 aromatic rings. The average Bonchev–Trinajstić information content (AvgIpc) is 2.58. The number of methoxy groups -OCH3 is 1. The van der Waals surface area contributed by atoms with Crippen LogP contribution in [0.4, 0.5) is 0 Å². The van der Waals surface area contributed by atoms with Crippen molar-refractivity contribution >= 4 is 21.8 Å². The molecule has 25 heavy (non-hydrogen) atoms. The van der Waals surface area contributed by atoms with Crippen molar-refractivity contribution in [2.45, 2.75) is 17.9 Å². The van der Waals surface area contributed by atoms with Gasteiger partial charge in [-0.3, -0.25) is 9.59 Å². The number of rotatable bonds is 3. The highest BCUT2D eigenvalue weighted by molar-refractivity contribution is 7.89. The monoisotopic (exact) mass is 367 g/mol. The van der Waals surface area contributed by atoms with Gasteiger partial charge in [-0.25, -0.2) is 8.42 Å². The van der Waals surface area contributed by atoms with Crippen molar-refractivity contribution in [3.8, 4) is 5.75 Å². The first-order chi connectivity index (χ1) is 11.8.